The molecule has 0 radical (unpaired) electrons. The van der Waals surface area contributed by atoms with Crippen molar-refractivity contribution in [2.24, 2.45) is 0 Å². The van der Waals surface area contributed by atoms with Crippen LogP contribution in [0.1, 0.15) is 19.4 Å². The highest BCUT2D eigenvalue weighted by atomic mass is 16.5. The molecule has 0 amide bonds. The van der Waals surface area contributed by atoms with E-state index in [4.69, 9.17) is 9.15 Å². The lowest BCUT2D eigenvalue weighted by Gasteiger charge is -2.37. The maximum atomic E-state index is 12.6. The molecule has 1 atom stereocenters. The fraction of sp³-hybridized carbons (Fsp3) is 0.278. The summed E-state index contributed by atoms with van der Waals surface area (Å²) in [5, 5.41) is 11.2. The van der Waals surface area contributed by atoms with E-state index in [2.05, 4.69) is 0 Å². The molecule has 4 nitrogen and oxygen atoms in total. The highest BCUT2D eigenvalue weighted by molar-refractivity contribution is 5.93. The minimum Gasteiger partial charge on any atom is -0.481 e. The van der Waals surface area contributed by atoms with Crippen LogP contribution in [0.3, 0.4) is 0 Å². The first kappa shape index (κ1) is 13.3. The third kappa shape index (κ3) is 1.77. The van der Waals surface area contributed by atoms with Gasteiger partial charge in [-0.3, -0.25) is 4.79 Å². The molecule has 0 bridgehead atoms. The Hall–Kier alpha value is -2.33. The van der Waals surface area contributed by atoms with E-state index in [1.807, 2.05) is 32.0 Å². The second-order valence-corrected chi connectivity index (χ2v) is 6.28. The molecule has 0 saturated carbocycles. The Balaban J connectivity index is 2.10. The molecule has 1 N–H and O–H groups in total. The van der Waals surface area contributed by atoms with Crippen molar-refractivity contribution < 1.29 is 14.3 Å². The fourth-order valence-corrected chi connectivity index (χ4v) is 2.94. The van der Waals surface area contributed by atoms with Crippen molar-refractivity contribution in [3.8, 4) is 5.75 Å². The molecule has 22 heavy (non-hydrogen) atoms. The second kappa shape index (κ2) is 4.34. The molecular weight excluding hydrogens is 280 g/mol. The number of hydrogen-bond donors (Lipinski definition) is 1. The largest absolute Gasteiger partial charge is 0.481 e. The number of fused-ring (bicyclic) bond motifs is 4. The maximum Gasteiger partial charge on any atom is 0.200 e. The van der Waals surface area contributed by atoms with E-state index in [-0.39, 0.29) is 5.43 Å². The number of benzene rings is 2. The van der Waals surface area contributed by atoms with Crippen LogP contribution in [0.2, 0.25) is 0 Å². The Kier molecular flexibility index (Phi) is 2.63. The van der Waals surface area contributed by atoms with Gasteiger partial charge in [-0.2, -0.15) is 0 Å². The van der Waals surface area contributed by atoms with E-state index in [0.717, 1.165) is 5.56 Å². The normalized spacial score (nSPS) is 19.9. The quantitative estimate of drug-likeness (QED) is 0.648. The van der Waals surface area contributed by atoms with Gasteiger partial charge in [-0.25, -0.2) is 0 Å². The van der Waals surface area contributed by atoms with Crippen LogP contribution in [0, 0.1) is 0 Å². The molecule has 1 aliphatic heterocycles. The van der Waals surface area contributed by atoms with Gasteiger partial charge in [-0.1, -0.05) is 18.2 Å². The van der Waals surface area contributed by atoms with E-state index >= 15 is 0 Å². The number of ether oxygens (including phenoxy) is 1. The lowest BCUT2D eigenvalue weighted by Crippen LogP contribution is -2.46. The van der Waals surface area contributed by atoms with Gasteiger partial charge in [-0.05, 0) is 32.0 Å². The minimum absolute atomic E-state index is 0.0628. The second-order valence-electron chi connectivity index (χ2n) is 6.28. The Morgan fingerprint density at radius 3 is 2.73 bits per heavy atom. The van der Waals surface area contributed by atoms with Crippen LogP contribution in [0.25, 0.3) is 21.9 Å². The van der Waals surface area contributed by atoms with E-state index in [0.29, 0.717) is 34.1 Å². The summed E-state index contributed by atoms with van der Waals surface area (Å²) >= 11 is 0. The van der Waals surface area contributed by atoms with E-state index < -0.39 is 11.7 Å². The van der Waals surface area contributed by atoms with Gasteiger partial charge in [0.25, 0.3) is 0 Å². The van der Waals surface area contributed by atoms with Gasteiger partial charge < -0.3 is 14.3 Å². The summed E-state index contributed by atoms with van der Waals surface area (Å²) in [6.07, 6.45) is -0.112. The van der Waals surface area contributed by atoms with Gasteiger partial charge in [0.2, 0.25) is 5.43 Å². The molecule has 2 aromatic carbocycles. The van der Waals surface area contributed by atoms with Crippen LogP contribution in [-0.4, -0.2) is 16.8 Å². The molecule has 1 unspecified atom stereocenters. The predicted molar refractivity (Wildman–Crippen MR) is 84.4 cm³/mol. The monoisotopic (exact) mass is 296 g/mol. The number of rotatable bonds is 0. The van der Waals surface area contributed by atoms with Crippen molar-refractivity contribution in [3.05, 3.63) is 52.2 Å². The van der Waals surface area contributed by atoms with Crippen LogP contribution in [0.15, 0.2) is 45.6 Å². The van der Waals surface area contributed by atoms with Crippen LogP contribution in [0.4, 0.5) is 0 Å². The minimum atomic E-state index is -0.717. The highest BCUT2D eigenvalue weighted by Gasteiger charge is 2.37. The van der Waals surface area contributed by atoms with Gasteiger partial charge in [0.05, 0.1) is 16.9 Å². The fourth-order valence-electron chi connectivity index (χ4n) is 2.94. The SMILES string of the molecule is CC1(C)Oc2c(ccc3c(=O)c4ccccc4oc23)CC1O. The van der Waals surface area contributed by atoms with E-state index in [9.17, 15) is 9.90 Å². The summed E-state index contributed by atoms with van der Waals surface area (Å²) in [5.74, 6) is 0.565. The first-order valence-electron chi connectivity index (χ1n) is 7.32. The zero-order valence-electron chi connectivity index (χ0n) is 12.4. The maximum absolute atomic E-state index is 12.6. The van der Waals surface area contributed by atoms with Crippen LogP contribution in [0.5, 0.6) is 5.75 Å². The van der Waals surface area contributed by atoms with Crippen LogP contribution in [-0.2, 0) is 6.42 Å². The zero-order chi connectivity index (χ0) is 15.5. The van der Waals surface area contributed by atoms with Gasteiger partial charge in [0, 0.05) is 12.0 Å². The molecule has 1 aliphatic rings. The van der Waals surface area contributed by atoms with Crippen molar-refractivity contribution in [1.82, 2.24) is 0 Å². The summed E-state index contributed by atoms with van der Waals surface area (Å²) in [7, 11) is 0. The van der Waals surface area contributed by atoms with Crippen LogP contribution >= 0.6 is 0 Å². The molecule has 1 aromatic heterocycles. The van der Waals surface area contributed by atoms with Crippen LogP contribution < -0.4 is 10.2 Å². The lowest BCUT2D eigenvalue weighted by molar-refractivity contribution is -0.0406. The first-order chi connectivity index (χ1) is 10.5. The number of aliphatic hydroxyl groups excluding tert-OH is 1. The van der Waals surface area contributed by atoms with E-state index in [1.54, 1.807) is 18.2 Å². The summed E-state index contributed by atoms with van der Waals surface area (Å²) in [4.78, 5) is 12.6. The standard InChI is InChI=1S/C18H16O4/c1-18(2)14(19)9-10-7-8-12-15(20)11-5-3-4-6-13(11)21-17(12)16(10)22-18/h3-8,14,19H,9H2,1-2H3. The molecule has 0 fully saturated rings. The van der Waals surface area contributed by atoms with E-state index in [1.165, 1.54) is 0 Å². The zero-order valence-corrected chi connectivity index (χ0v) is 12.4. The Morgan fingerprint density at radius 1 is 1.14 bits per heavy atom. The van der Waals surface area contributed by atoms with Crippen molar-refractivity contribution >= 4 is 21.9 Å². The van der Waals surface area contributed by atoms with Crippen molar-refractivity contribution in [2.75, 3.05) is 0 Å². The third-order valence-electron chi connectivity index (χ3n) is 4.36. The predicted octanol–water partition coefficient (Wildman–Crippen LogP) is 3.02. The number of aliphatic hydroxyl groups is 1. The Morgan fingerprint density at radius 2 is 1.91 bits per heavy atom. The van der Waals surface area contributed by atoms with Crippen molar-refractivity contribution in [1.29, 1.82) is 0 Å². The molecule has 112 valence electrons. The summed E-state index contributed by atoms with van der Waals surface area (Å²) in [6.45, 7) is 3.66. The summed E-state index contributed by atoms with van der Waals surface area (Å²) in [5.41, 5.74) is 1.08. The number of para-hydroxylation sites is 1. The van der Waals surface area contributed by atoms with Crippen molar-refractivity contribution in [2.45, 2.75) is 32.0 Å². The summed E-state index contributed by atoms with van der Waals surface area (Å²) < 4.78 is 11.9. The van der Waals surface area contributed by atoms with Gasteiger partial charge in [-0.15, -0.1) is 0 Å². The van der Waals surface area contributed by atoms with Crippen molar-refractivity contribution in [3.63, 3.8) is 0 Å². The van der Waals surface area contributed by atoms with Gasteiger partial charge >= 0.3 is 0 Å². The van der Waals surface area contributed by atoms with Gasteiger partial charge in [0.1, 0.15) is 11.2 Å². The first-order valence-corrected chi connectivity index (χ1v) is 7.32. The Bertz CT molecular complexity index is 952. The average molecular weight is 296 g/mol. The average Bonchev–Trinajstić information content (AvgIpc) is 2.49. The molecule has 4 rings (SSSR count). The Labute approximate surface area is 126 Å². The molecule has 0 saturated heterocycles. The molecule has 2 heterocycles. The highest BCUT2D eigenvalue weighted by Crippen LogP contribution is 2.39. The number of hydrogen-bond acceptors (Lipinski definition) is 4. The smallest absolute Gasteiger partial charge is 0.200 e. The third-order valence-corrected chi connectivity index (χ3v) is 4.36. The lowest BCUT2D eigenvalue weighted by atomic mass is 9.90. The molecule has 3 aromatic rings. The molecule has 0 aliphatic carbocycles. The van der Waals surface area contributed by atoms with Gasteiger partial charge in [0.15, 0.2) is 11.3 Å². The summed E-state index contributed by atoms with van der Waals surface area (Å²) in [6, 6.07) is 10.8. The molecule has 4 heteroatoms. The molecule has 0 spiro atoms. The molecular formula is C18H16O4. The topological polar surface area (TPSA) is 59.7 Å².